The first-order valence-corrected chi connectivity index (χ1v) is 5.52. The summed E-state index contributed by atoms with van der Waals surface area (Å²) in [5, 5.41) is 2.77. The van der Waals surface area contributed by atoms with Crippen molar-refractivity contribution in [3.05, 3.63) is 24.0 Å². The molecule has 0 spiro atoms. The van der Waals surface area contributed by atoms with E-state index in [0.29, 0.717) is 5.69 Å². The van der Waals surface area contributed by atoms with E-state index in [9.17, 15) is 4.79 Å². The lowest BCUT2D eigenvalue weighted by Gasteiger charge is -2.17. The number of hydrogen-bond acceptors (Lipinski definition) is 3. The average molecular weight is 221 g/mol. The van der Waals surface area contributed by atoms with Crippen LogP contribution >= 0.6 is 0 Å². The van der Waals surface area contributed by atoms with Gasteiger partial charge in [-0.05, 0) is 24.5 Å². The summed E-state index contributed by atoms with van der Waals surface area (Å²) in [4.78, 5) is 15.8. The van der Waals surface area contributed by atoms with Crippen molar-refractivity contribution in [1.29, 1.82) is 0 Å². The average Bonchev–Trinajstić information content (AvgIpc) is 2.27. The topological polar surface area (TPSA) is 68.0 Å². The molecule has 0 aliphatic heterocycles. The van der Waals surface area contributed by atoms with Crippen LogP contribution < -0.4 is 11.1 Å². The van der Waals surface area contributed by atoms with E-state index in [1.54, 1.807) is 12.4 Å². The van der Waals surface area contributed by atoms with Gasteiger partial charge in [-0.2, -0.15) is 0 Å². The van der Waals surface area contributed by atoms with E-state index in [-0.39, 0.29) is 11.8 Å². The van der Waals surface area contributed by atoms with Crippen LogP contribution in [0.3, 0.4) is 0 Å². The highest BCUT2D eigenvalue weighted by molar-refractivity contribution is 5.94. The zero-order valence-corrected chi connectivity index (χ0v) is 10.0. The van der Waals surface area contributed by atoms with Crippen molar-refractivity contribution in [1.82, 2.24) is 4.98 Å². The van der Waals surface area contributed by atoms with Crippen LogP contribution in [0.2, 0.25) is 0 Å². The molecule has 4 nitrogen and oxygen atoms in total. The molecule has 16 heavy (non-hydrogen) atoms. The molecule has 0 radical (unpaired) electrons. The highest BCUT2D eigenvalue weighted by atomic mass is 16.2. The van der Waals surface area contributed by atoms with Crippen LogP contribution in [0.5, 0.6) is 0 Å². The summed E-state index contributed by atoms with van der Waals surface area (Å²) in [6, 6.07) is 1.40. The van der Waals surface area contributed by atoms with Gasteiger partial charge < -0.3 is 11.1 Å². The van der Waals surface area contributed by atoms with Crippen molar-refractivity contribution < 1.29 is 4.79 Å². The number of nitrogens with zero attached hydrogens (tertiary/aromatic N) is 1. The van der Waals surface area contributed by atoms with Gasteiger partial charge in [0.1, 0.15) is 0 Å². The summed E-state index contributed by atoms with van der Waals surface area (Å²) in [6.07, 6.45) is 4.25. The monoisotopic (exact) mass is 221 g/mol. The van der Waals surface area contributed by atoms with Gasteiger partial charge in [-0.15, -0.1) is 0 Å². The molecule has 0 aliphatic rings. The van der Waals surface area contributed by atoms with Crippen LogP contribution in [-0.4, -0.2) is 16.9 Å². The van der Waals surface area contributed by atoms with Crippen molar-refractivity contribution in [2.75, 3.05) is 5.32 Å². The van der Waals surface area contributed by atoms with Gasteiger partial charge >= 0.3 is 0 Å². The molecule has 0 aliphatic carbocycles. The Morgan fingerprint density at radius 1 is 1.56 bits per heavy atom. The summed E-state index contributed by atoms with van der Waals surface area (Å²) in [5.41, 5.74) is 7.53. The molecule has 0 saturated carbocycles. The molecule has 4 heteroatoms. The second kappa shape index (κ2) is 5.61. The normalized spacial score (nSPS) is 14.2. The predicted molar refractivity (Wildman–Crippen MR) is 65.0 cm³/mol. The van der Waals surface area contributed by atoms with Crippen LogP contribution in [0.4, 0.5) is 5.69 Å². The zero-order chi connectivity index (χ0) is 12.1. The maximum absolute atomic E-state index is 11.8. The smallest absolute Gasteiger partial charge is 0.241 e. The zero-order valence-electron chi connectivity index (χ0n) is 10.0. The lowest BCUT2D eigenvalue weighted by Crippen LogP contribution is -2.40. The molecule has 1 aromatic rings. The number of rotatable bonds is 4. The molecule has 1 aromatic heterocycles. The Balaban J connectivity index is 2.64. The summed E-state index contributed by atoms with van der Waals surface area (Å²) >= 11 is 0. The molecular formula is C12H19N3O. The Hall–Kier alpha value is -1.42. The Labute approximate surface area is 96.3 Å². The van der Waals surface area contributed by atoms with E-state index in [1.807, 2.05) is 26.8 Å². The van der Waals surface area contributed by atoms with Crippen LogP contribution in [-0.2, 0) is 4.79 Å². The predicted octanol–water partition coefficient (Wildman–Crippen LogP) is 1.70. The number of carbonyl (C=O) groups excluding carboxylic acids is 1. The molecule has 1 rings (SSSR count). The molecule has 3 N–H and O–H groups in total. The van der Waals surface area contributed by atoms with Gasteiger partial charge in [0.2, 0.25) is 5.91 Å². The third-order valence-corrected chi connectivity index (χ3v) is 2.70. The van der Waals surface area contributed by atoms with Gasteiger partial charge in [0.15, 0.2) is 0 Å². The van der Waals surface area contributed by atoms with E-state index >= 15 is 0 Å². The van der Waals surface area contributed by atoms with Gasteiger partial charge in [0.25, 0.3) is 0 Å². The minimum Gasteiger partial charge on any atom is -0.323 e. The molecule has 0 aromatic carbocycles. The minimum absolute atomic E-state index is 0.151. The first kappa shape index (κ1) is 12.6. The van der Waals surface area contributed by atoms with Crippen LogP contribution in [0, 0.1) is 12.8 Å². The fourth-order valence-corrected chi connectivity index (χ4v) is 1.36. The van der Waals surface area contributed by atoms with Gasteiger partial charge in [0.05, 0.1) is 17.9 Å². The van der Waals surface area contributed by atoms with Gasteiger partial charge in [-0.1, -0.05) is 20.3 Å². The maximum Gasteiger partial charge on any atom is 0.241 e. The Morgan fingerprint density at radius 2 is 2.25 bits per heavy atom. The molecule has 0 saturated heterocycles. The van der Waals surface area contributed by atoms with Crippen molar-refractivity contribution in [3.63, 3.8) is 0 Å². The number of amides is 1. The van der Waals surface area contributed by atoms with Gasteiger partial charge in [-0.25, -0.2) is 0 Å². The third-order valence-electron chi connectivity index (χ3n) is 2.70. The first-order valence-electron chi connectivity index (χ1n) is 5.52. The molecule has 0 bridgehead atoms. The quantitative estimate of drug-likeness (QED) is 0.813. The van der Waals surface area contributed by atoms with Crippen molar-refractivity contribution in [2.45, 2.75) is 33.2 Å². The summed E-state index contributed by atoms with van der Waals surface area (Å²) in [5.74, 6) is 0.0273. The molecule has 2 atom stereocenters. The molecule has 0 fully saturated rings. The van der Waals surface area contributed by atoms with Crippen molar-refractivity contribution in [3.8, 4) is 0 Å². The van der Waals surface area contributed by atoms with Crippen LogP contribution in [0.25, 0.3) is 0 Å². The summed E-state index contributed by atoms with van der Waals surface area (Å²) in [7, 11) is 0. The fourth-order valence-electron chi connectivity index (χ4n) is 1.36. The number of nitrogens with one attached hydrogen (secondary N) is 1. The Morgan fingerprint density at radius 3 is 2.81 bits per heavy atom. The largest absolute Gasteiger partial charge is 0.323 e. The number of aromatic nitrogens is 1. The van der Waals surface area contributed by atoms with Crippen molar-refractivity contribution in [2.24, 2.45) is 11.7 Å². The molecule has 1 amide bonds. The highest BCUT2D eigenvalue weighted by Gasteiger charge is 2.19. The minimum atomic E-state index is -0.467. The summed E-state index contributed by atoms with van der Waals surface area (Å²) in [6.45, 7) is 5.92. The van der Waals surface area contributed by atoms with Crippen molar-refractivity contribution >= 4 is 11.6 Å². The number of pyridine rings is 1. The number of hydrogen-bond donors (Lipinski definition) is 2. The molecular weight excluding hydrogens is 202 g/mol. The highest BCUT2D eigenvalue weighted by Crippen LogP contribution is 2.10. The van der Waals surface area contributed by atoms with E-state index < -0.39 is 6.04 Å². The van der Waals surface area contributed by atoms with Crippen LogP contribution in [0.15, 0.2) is 18.5 Å². The van der Waals surface area contributed by atoms with E-state index in [0.717, 1.165) is 12.0 Å². The fraction of sp³-hybridized carbons (Fsp3) is 0.500. The first-order chi connectivity index (χ1) is 7.54. The number of anilines is 1. The van der Waals surface area contributed by atoms with E-state index in [1.165, 1.54) is 0 Å². The maximum atomic E-state index is 11.8. The number of carbonyl (C=O) groups is 1. The molecule has 1 unspecified atom stereocenters. The molecule has 1 heterocycles. The number of nitrogens with two attached hydrogens (primary N) is 1. The Bertz CT molecular complexity index is 365. The standard InChI is InChI=1S/C12H19N3O/c1-4-9(3)11(13)12(16)15-10-5-8(2)6-14-7-10/h5-7,9,11H,4,13H2,1-3H3,(H,15,16)/t9?,11-/m0/s1. The number of aryl methyl sites for hydroxylation is 1. The summed E-state index contributed by atoms with van der Waals surface area (Å²) < 4.78 is 0. The van der Waals surface area contributed by atoms with Gasteiger partial charge in [-0.3, -0.25) is 9.78 Å². The van der Waals surface area contributed by atoms with Gasteiger partial charge in [0, 0.05) is 6.20 Å². The Kier molecular flexibility index (Phi) is 4.43. The SMILES string of the molecule is CCC(C)[C@H](N)C(=O)Nc1cncc(C)c1. The molecule has 88 valence electrons. The second-order valence-electron chi connectivity index (χ2n) is 4.15. The lowest BCUT2D eigenvalue weighted by atomic mass is 9.99. The second-order valence-corrected chi connectivity index (χ2v) is 4.15. The van der Waals surface area contributed by atoms with Crippen LogP contribution in [0.1, 0.15) is 25.8 Å². The van der Waals surface area contributed by atoms with E-state index in [4.69, 9.17) is 5.73 Å². The van der Waals surface area contributed by atoms with E-state index in [2.05, 4.69) is 10.3 Å². The third kappa shape index (κ3) is 3.31. The lowest BCUT2D eigenvalue weighted by molar-refractivity contribution is -0.118.